The summed E-state index contributed by atoms with van der Waals surface area (Å²) in [6.45, 7) is 12.5. The molecule has 1 aliphatic rings. The van der Waals surface area contributed by atoms with E-state index in [1.807, 2.05) is 41.2 Å². The minimum absolute atomic E-state index is 0.172. The molecule has 0 bridgehead atoms. The van der Waals surface area contributed by atoms with Gasteiger partial charge in [-0.2, -0.15) is 5.10 Å². The Morgan fingerprint density at radius 2 is 2.06 bits per heavy atom. The fraction of sp³-hybridized carbons (Fsp3) is 0.565. The van der Waals surface area contributed by atoms with Gasteiger partial charge in [0.2, 0.25) is 0 Å². The summed E-state index contributed by atoms with van der Waals surface area (Å²) >= 11 is 0. The monoisotopic (exact) mass is 428 g/mol. The highest BCUT2D eigenvalue weighted by Gasteiger charge is 2.21. The molecule has 0 spiro atoms. The van der Waals surface area contributed by atoms with Crippen LogP contribution in [-0.2, 0) is 11.3 Å². The molecule has 31 heavy (non-hydrogen) atoms. The Morgan fingerprint density at radius 3 is 2.77 bits per heavy atom. The number of ether oxygens (including phenoxy) is 2. The number of morpholine rings is 1. The number of methoxy groups -OCH3 is 1. The molecule has 0 aliphatic carbocycles. The van der Waals surface area contributed by atoms with Crippen LogP contribution in [0.2, 0.25) is 0 Å². The molecule has 2 N–H and O–H groups in total. The third kappa shape index (κ3) is 7.25. The number of hydrogen-bond donors (Lipinski definition) is 2. The summed E-state index contributed by atoms with van der Waals surface area (Å²) in [7, 11) is 1.66. The lowest BCUT2D eigenvalue weighted by molar-refractivity contribution is -0.0284. The largest absolute Gasteiger partial charge is 0.497 e. The lowest BCUT2D eigenvalue weighted by atomic mass is 10.2. The van der Waals surface area contributed by atoms with Gasteiger partial charge in [0.1, 0.15) is 5.75 Å². The van der Waals surface area contributed by atoms with Gasteiger partial charge in [-0.3, -0.25) is 4.90 Å². The molecule has 1 aliphatic heterocycles. The number of benzene rings is 1. The Hall–Kier alpha value is -2.58. The first-order chi connectivity index (χ1) is 15.1. The Labute approximate surface area is 185 Å². The van der Waals surface area contributed by atoms with Gasteiger partial charge in [-0.25, -0.2) is 9.67 Å². The molecule has 1 unspecified atom stereocenters. The zero-order valence-corrected chi connectivity index (χ0v) is 19.2. The minimum Gasteiger partial charge on any atom is -0.497 e. The highest BCUT2D eigenvalue weighted by Crippen LogP contribution is 2.14. The summed E-state index contributed by atoms with van der Waals surface area (Å²) in [4.78, 5) is 7.18. The van der Waals surface area contributed by atoms with E-state index in [9.17, 15) is 0 Å². The standard InChI is InChI=1S/C23H36N6O2/c1-5-24-23(26-15-22-17-28(12-13-31-22)16-18(2)3)25-14-19-10-11-29(27-19)20-6-8-21(30-4)9-7-20/h6-11,18,22H,5,12-17H2,1-4H3,(H2,24,25,26). The van der Waals surface area contributed by atoms with Gasteiger partial charge in [-0.15, -0.1) is 0 Å². The molecule has 0 radical (unpaired) electrons. The average Bonchev–Trinajstić information content (AvgIpc) is 3.24. The topological polar surface area (TPSA) is 75.9 Å². The maximum atomic E-state index is 5.94. The quantitative estimate of drug-likeness (QED) is 0.472. The minimum atomic E-state index is 0.172. The summed E-state index contributed by atoms with van der Waals surface area (Å²) in [6.07, 6.45) is 2.12. The van der Waals surface area contributed by atoms with Crippen molar-refractivity contribution in [1.29, 1.82) is 0 Å². The molecule has 0 saturated carbocycles. The second kappa shape index (κ2) is 11.7. The zero-order valence-electron chi connectivity index (χ0n) is 19.2. The fourth-order valence-electron chi connectivity index (χ4n) is 3.62. The van der Waals surface area contributed by atoms with Crippen molar-refractivity contribution in [1.82, 2.24) is 25.3 Å². The lowest BCUT2D eigenvalue weighted by Crippen LogP contribution is -2.50. The number of guanidine groups is 1. The fourth-order valence-corrected chi connectivity index (χ4v) is 3.62. The van der Waals surface area contributed by atoms with Crippen molar-refractivity contribution in [2.45, 2.75) is 33.4 Å². The van der Waals surface area contributed by atoms with E-state index in [2.05, 4.69) is 41.4 Å². The molecular formula is C23H36N6O2. The molecular weight excluding hydrogens is 392 g/mol. The van der Waals surface area contributed by atoms with Gasteiger partial charge in [-0.1, -0.05) is 13.8 Å². The Bertz CT molecular complexity index is 818. The van der Waals surface area contributed by atoms with E-state index in [0.29, 0.717) is 12.5 Å². The smallest absolute Gasteiger partial charge is 0.191 e. The number of rotatable bonds is 9. The molecule has 1 fully saturated rings. The van der Waals surface area contributed by atoms with Gasteiger partial charge in [0.25, 0.3) is 0 Å². The summed E-state index contributed by atoms with van der Waals surface area (Å²) in [6, 6.07) is 9.81. The highest BCUT2D eigenvalue weighted by molar-refractivity contribution is 5.79. The first-order valence-corrected chi connectivity index (χ1v) is 11.1. The Morgan fingerprint density at radius 1 is 1.26 bits per heavy atom. The highest BCUT2D eigenvalue weighted by atomic mass is 16.5. The van der Waals surface area contributed by atoms with E-state index in [-0.39, 0.29) is 6.10 Å². The molecule has 1 aromatic carbocycles. The molecule has 1 aromatic heterocycles. The van der Waals surface area contributed by atoms with Crippen molar-refractivity contribution in [2.75, 3.05) is 46.4 Å². The normalized spacial score (nSPS) is 17.7. The van der Waals surface area contributed by atoms with E-state index < -0.39 is 0 Å². The summed E-state index contributed by atoms with van der Waals surface area (Å²) in [5.41, 5.74) is 1.89. The maximum absolute atomic E-state index is 5.94. The van der Waals surface area contributed by atoms with E-state index in [0.717, 1.165) is 62.4 Å². The second-order valence-corrected chi connectivity index (χ2v) is 8.17. The molecule has 8 heteroatoms. The summed E-state index contributed by atoms with van der Waals surface area (Å²) in [5, 5.41) is 11.4. The van der Waals surface area contributed by atoms with Gasteiger partial charge < -0.3 is 20.1 Å². The molecule has 1 saturated heterocycles. The molecule has 3 rings (SSSR count). The number of nitrogens with one attached hydrogen (secondary N) is 2. The molecule has 8 nitrogen and oxygen atoms in total. The van der Waals surface area contributed by atoms with Crippen LogP contribution in [0.1, 0.15) is 26.5 Å². The molecule has 0 amide bonds. The Balaban J connectivity index is 1.54. The van der Waals surface area contributed by atoms with Gasteiger partial charge in [0.05, 0.1) is 37.7 Å². The van der Waals surface area contributed by atoms with Crippen LogP contribution in [0.3, 0.4) is 0 Å². The van der Waals surface area contributed by atoms with Crippen LogP contribution >= 0.6 is 0 Å². The van der Waals surface area contributed by atoms with Crippen LogP contribution in [0.4, 0.5) is 0 Å². The number of hydrogen-bond acceptors (Lipinski definition) is 5. The Kier molecular flexibility index (Phi) is 8.73. The first kappa shape index (κ1) is 23.1. The average molecular weight is 429 g/mol. The van der Waals surface area contributed by atoms with Crippen LogP contribution in [0.25, 0.3) is 5.69 Å². The van der Waals surface area contributed by atoms with Gasteiger partial charge in [-0.05, 0) is 43.2 Å². The van der Waals surface area contributed by atoms with Crippen molar-refractivity contribution in [3.05, 3.63) is 42.2 Å². The summed E-state index contributed by atoms with van der Waals surface area (Å²) in [5.74, 6) is 2.28. The van der Waals surface area contributed by atoms with Crippen molar-refractivity contribution in [2.24, 2.45) is 10.9 Å². The predicted octanol–water partition coefficient (Wildman–Crippen LogP) is 2.29. The number of nitrogens with zero attached hydrogens (tertiary/aromatic N) is 4. The third-order valence-electron chi connectivity index (χ3n) is 5.07. The SMILES string of the molecule is CCNC(=NCc1ccn(-c2ccc(OC)cc2)n1)NCC1CN(CC(C)C)CCO1. The van der Waals surface area contributed by atoms with Crippen molar-refractivity contribution in [3.8, 4) is 11.4 Å². The number of aliphatic imine (C=N–C) groups is 1. The number of aromatic nitrogens is 2. The van der Waals surface area contributed by atoms with Crippen molar-refractivity contribution in [3.63, 3.8) is 0 Å². The first-order valence-electron chi connectivity index (χ1n) is 11.1. The summed E-state index contributed by atoms with van der Waals surface area (Å²) < 4.78 is 13.0. The third-order valence-corrected chi connectivity index (χ3v) is 5.07. The van der Waals surface area contributed by atoms with Crippen LogP contribution in [0.5, 0.6) is 5.75 Å². The van der Waals surface area contributed by atoms with Gasteiger partial charge >= 0.3 is 0 Å². The van der Waals surface area contributed by atoms with Gasteiger partial charge in [0, 0.05) is 38.9 Å². The predicted molar refractivity (Wildman–Crippen MR) is 124 cm³/mol. The molecule has 2 heterocycles. The van der Waals surface area contributed by atoms with Crippen molar-refractivity contribution >= 4 is 5.96 Å². The van der Waals surface area contributed by atoms with Crippen molar-refractivity contribution < 1.29 is 9.47 Å². The van der Waals surface area contributed by atoms with Gasteiger partial charge in [0.15, 0.2) is 5.96 Å². The molecule has 2 aromatic rings. The van der Waals surface area contributed by atoms with E-state index >= 15 is 0 Å². The van der Waals surface area contributed by atoms with Crippen LogP contribution in [-0.4, -0.2) is 73.2 Å². The van der Waals surface area contributed by atoms with Crippen LogP contribution < -0.4 is 15.4 Å². The van der Waals surface area contributed by atoms with Crippen LogP contribution in [0, 0.1) is 5.92 Å². The van der Waals surface area contributed by atoms with Crippen LogP contribution in [0.15, 0.2) is 41.5 Å². The van der Waals surface area contributed by atoms with E-state index in [1.165, 1.54) is 0 Å². The van der Waals surface area contributed by atoms with E-state index in [4.69, 9.17) is 14.5 Å². The molecule has 170 valence electrons. The zero-order chi connectivity index (χ0) is 22.1. The second-order valence-electron chi connectivity index (χ2n) is 8.17. The lowest BCUT2D eigenvalue weighted by Gasteiger charge is -2.34. The van der Waals surface area contributed by atoms with E-state index in [1.54, 1.807) is 7.11 Å². The maximum Gasteiger partial charge on any atom is 0.191 e. The molecule has 1 atom stereocenters.